The molecule has 2 N–H and O–H groups in total. The molecule has 1 spiro atoms. The van der Waals surface area contributed by atoms with Gasteiger partial charge in [0.1, 0.15) is 0 Å². The van der Waals surface area contributed by atoms with Crippen molar-refractivity contribution in [1.82, 2.24) is 20.0 Å². The molecule has 1 aliphatic heterocycles. The molecule has 3 aromatic rings. The third-order valence-electron chi connectivity index (χ3n) is 5.01. The van der Waals surface area contributed by atoms with Crippen molar-refractivity contribution < 1.29 is 9.59 Å². The van der Waals surface area contributed by atoms with Gasteiger partial charge in [0.05, 0.1) is 0 Å². The Bertz CT molecular complexity index is 935. The zero-order valence-electron chi connectivity index (χ0n) is 12.8. The van der Waals surface area contributed by atoms with Gasteiger partial charge in [-0.2, -0.15) is 0 Å². The molecular weight excluding hydrogens is 423 g/mol. The molecule has 2 atom stereocenters. The Labute approximate surface area is 157 Å². The Kier molecular flexibility index (Phi) is 3.46. The normalized spacial score (nSPS) is 24.2. The van der Waals surface area contributed by atoms with Crippen molar-refractivity contribution >= 4 is 49.2 Å². The summed E-state index contributed by atoms with van der Waals surface area (Å²) in [5.74, 6) is -1.04. The number of aromatic nitrogens is 2. The predicted molar refractivity (Wildman–Crippen MR) is 94.6 cm³/mol. The first-order chi connectivity index (χ1) is 12.2. The summed E-state index contributed by atoms with van der Waals surface area (Å²) in [6.07, 6.45) is 0.573. The maximum atomic E-state index is 13.1. The second-order valence-electron chi connectivity index (χ2n) is 6.08. The number of nitrogens with zero attached hydrogens (tertiary/aromatic N) is 2. The van der Waals surface area contributed by atoms with Crippen LogP contribution in [0.15, 0.2) is 35.0 Å². The van der Waals surface area contributed by atoms with Gasteiger partial charge in [0, 0.05) is 0 Å². The Morgan fingerprint density at radius 1 is 1.08 bits per heavy atom. The zero-order valence-corrected chi connectivity index (χ0v) is 16.1. The van der Waals surface area contributed by atoms with Crippen LogP contribution in [0, 0.1) is 5.41 Å². The van der Waals surface area contributed by atoms with Crippen LogP contribution >= 0.6 is 22.7 Å². The fourth-order valence-corrected chi connectivity index (χ4v) is 7.79. The van der Waals surface area contributed by atoms with Gasteiger partial charge >= 0.3 is 157 Å². The van der Waals surface area contributed by atoms with Gasteiger partial charge in [0.15, 0.2) is 0 Å². The van der Waals surface area contributed by atoms with Gasteiger partial charge in [0.2, 0.25) is 0 Å². The van der Waals surface area contributed by atoms with Gasteiger partial charge in [-0.3, -0.25) is 0 Å². The molecule has 0 aromatic carbocycles. The predicted octanol–water partition coefficient (Wildman–Crippen LogP) is 1.28. The van der Waals surface area contributed by atoms with E-state index in [4.69, 9.17) is 0 Å². The van der Waals surface area contributed by atoms with E-state index in [-0.39, 0.29) is 38.4 Å². The first-order valence-electron chi connectivity index (χ1n) is 7.71. The molecular formula is C16H12N4O2S2Se. The van der Waals surface area contributed by atoms with Crippen molar-refractivity contribution in [3.05, 3.63) is 54.9 Å². The van der Waals surface area contributed by atoms with Crippen LogP contribution in [-0.2, 0) is 16.0 Å². The number of rotatable bonds is 2. The van der Waals surface area contributed by atoms with E-state index in [0.717, 1.165) is 19.9 Å². The molecule has 1 fully saturated rings. The van der Waals surface area contributed by atoms with E-state index in [1.54, 1.807) is 22.7 Å². The van der Waals surface area contributed by atoms with Gasteiger partial charge in [-0.25, -0.2) is 0 Å². The van der Waals surface area contributed by atoms with Gasteiger partial charge < -0.3 is 0 Å². The number of fused-ring (bicyclic) bond motifs is 1. The fraction of sp³-hybridized carbons (Fsp3) is 0.250. The van der Waals surface area contributed by atoms with E-state index >= 15 is 0 Å². The van der Waals surface area contributed by atoms with Crippen molar-refractivity contribution in [2.75, 3.05) is 0 Å². The molecule has 1 aliphatic carbocycles. The van der Waals surface area contributed by atoms with Crippen LogP contribution in [0.1, 0.15) is 31.7 Å². The molecule has 0 bridgehead atoms. The Balaban J connectivity index is 1.82. The van der Waals surface area contributed by atoms with E-state index < -0.39 is 5.41 Å². The van der Waals surface area contributed by atoms with E-state index in [0.29, 0.717) is 6.42 Å². The number of nitrogens with one attached hydrogen (secondary N) is 2. The SMILES string of the molecule is O=C1NNC(=O)C12C(c1cccs1)Cc1nn[se]c1C2c1cccs1. The summed E-state index contributed by atoms with van der Waals surface area (Å²) in [6, 6.07) is 7.93. The van der Waals surface area contributed by atoms with Crippen molar-refractivity contribution in [3.8, 4) is 0 Å². The molecule has 25 heavy (non-hydrogen) atoms. The quantitative estimate of drug-likeness (QED) is 0.469. The van der Waals surface area contributed by atoms with Crippen LogP contribution in [0.3, 0.4) is 0 Å². The number of hydrazine groups is 1. The Hall–Kier alpha value is -1.80. The minimum atomic E-state index is -1.17. The summed E-state index contributed by atoms with van der Waals surface area (Å²) >= 11 is 2.99. The second-order valence-corrected chi connectivity index (χ2v) is 9.69. The average Bonchev–Trinajstić information content (AvgIpc) is 3.40. The Morgan fingerprint density at radius 2 is 1.76 bits per heavy atom. The van der Waals surface area contributed by atoms with E-state index in [1.807, 2.05) is 35.0 Å². The minimum absolute atomic E-state index is 0.166. The number of thiophene rings is 2. The summed E-state index contributed by atoms with van der Waals surface area (Å²) in [5.41, 5.74) is 4.95. The summed E-state index contributed by atoms with van der Waals surface area (Å²) in [6.45, 7) is 0. The van der Waals surface area contributed by atoms with Gasteiger partial charge in [-0.15, -0.1) is 0 Å². The molecule has 9 heteroatoms. The molecule has 2 aliphatic rings. The molecule has 3 aromatic heterocycles. The van der Waals surface area contributed by atoms with E-state index in [9.17, 15) is 9.59 Å². The van der Waals surface area contributed by atoms with E-state index in [2.05, 4.69) is 20.0 Å². The van der Waals surface area contributed by atoms with Gasteiger partial charge in [-0.05, 0) is 0 Å². The number of hydrogen-bond donors (Lipinski definition) is 2. The number of carbonyl (C=O) groups excluding carboxylic acids is 2. The van der Waals surface area contributed by atoms with Crippen molar-refractivity contribution in [2.24, 2.45) is 5.41 Å². The monoisotopic (exact) mass is 436 g/mol. The molecule has 1 saturated heterocycles. The fourth-order valence-electron chi connectivity index (χ4n) is 3.96. The summed E-state index contributed by atoms with van der Waals surface area (Å²) in [4.78, 5) is 28.3. The summed E-state index contributed by atoms with van der Waals surface area (Å²) < 4.78 is 5.33. The number of carbonyl (C=O) groups is 2. The molecule has 5 rings (SSSR count). The molecule has 126 valence electrons. The summed E-state index contributed by atoms with van der Waals surface area (Å²) in [5, 5.41) is 8.33. The third-order valence-corrected chi connectivity index (χ3v) is 8.67. The number of hydrogen-bond acceptors (Lipinski definition) is 6. The molecule has 6 nitrogen and oxygen atoms in total. The van der Waals surface area contributed by atoms with Crippen LogP contribution in [0.2, 0.25) is 0 Å². The van der Waals surface area contributed by atoms with Gasteiger partial charge in [0.25, 0.3) is 0 Å². The number of amides is 2. The average molecular weight is 435 g/mol. The second kappa shape index (κ2) is 5.60. The van der Waals surface area contributed by atoms with Crippen LogP contribution in [0.25, 0.3) is 0 Å². The summed E-state index contributed by atoms with van der Waals surface area (Å²) in [7, 11) is 0. The Morgan fingerprint density at radius 3 is 2.40 bits per heavy atom. The molecule has 4 heterocycles. The van der Waals surface area contributed by atoms with Crippen molar-refractivity contribution in [3.63, 3.8) is 0 Å². The third kappa shape index (κ3) is 2.01. The van der Waals surface area contributed by atoms with Crippen molar-refractivity contribution in [2.45, 2.75) is 18.3 Å². The van der Waals surface area contributed by atoms with Crippen LogP contribution < -0.4 is 10.9 Å². The van der Waals surface area contributed by atoms with Crippen LogP contribution in [0.4, 0.5) is 0 Å². The standard InChI is InChI=1S/C16H12N4O2S2Se/c21-14-16(15(22)19-18-14)8(10-3-1-5-23-10)7-9-13(25-20-17-9)12(16)11-4-2-6-24-11/h1-6,8,12H,7H2,(H,18,21)(H,19,22). The first kappa shape index (κ1) is 15.5. The van der Waals surface area contributed by atoms with Crippen molar-refractivity contribution in [1.29, 1.82) is 0 Å². The topological polar surface area (TPSA) is 84.0 Å². The van der Waals surface area contributed by atoms with E-state index in [1.165, 1.54) is 0 Å². The maximum absolute atomic E-state index is 13.1. The van der Waals surface area contributed by atoms with Crippen LogP contribution in [0.5, 0.6) is 0 Å². The molecule has 2 amide bonds. The zero-order chi connectivity index (χ0) is 17.0. The van der Waals surface area contributed by atoms with Crippen LogP contribution in [-0.4, -0.2) is 35.7 Å². The molecule has 0 saturated carbocycles. The van der Waals surface area contributed by atoms with Gasteiger partial charge in [-0.1, -0.05) is 0 Å². The molecule has 0 radical (unpaired) electrons. The molecule has 2 unspecified atom stereocenters. The first-order valence-corrected chi connectivity index (χ1v) is 11.1.